The molecule has 0 aliphatic carbocycles. The van der Waals surface area contributed by atoms with Crippen LogP contribution in [0.15, 0.2) is 29.2 Å². The van der Waals surface area contributed by atoms with Gasteiger partial charge in [-0.15, -0.1) is 6.42 Å². The Kier molecular flexibility index (Phi) is 6.37. The number of aryl methyl sites for hydroxylation is 1. The van der Waals surface area contributed by atoms with E-state index in [0.29, 0.717) is 37.5 Å². The van der Waals surface area contributed by atoms with Crippen LogP contribution in [0.2, 0.25) is 0 Å². The van der Waals surface area contributed by atoms with Gasteiger partial charge in [-0.25, -0.2) is 8.42 Å². The number of benzene rings is 1. The number of nitrogens with one attached hydrogen (secondary N) is 1. The molecule has 1 amide bonds. The Balaban J connectivity index is 2.00. The molecule has 0 unspecified atom stereocenters. The molecule has 0 saturated carbocycles. The molecule has 0 atom stereocenters. The van der Waals surface area contributed by atoms with Gasteiger partial charge in [0.2, 0.25) is 15.9 Å². The third kappa shape index (κ3) is 4.81. The summed E-state index contributed by atoms with van der Waals surface area (Å²) < 4.78 is 27.0. The van der Waals surface area contributed by atoms with E-state index >= 15 is 0 Å². The summed E-state index contributed by atoms with van der Waals surface area (Å²) in [7, 11) is -3.49. The van der Waals surface area contributed by atoms with Gasteiger partial charge in [0.25, 0.3) is 0 Å². The molecular weight excluding hydrogens is 326 g/mol. The van der Waals surface area contributed by atoms with Gasteiger partial charge in [0.15, 0.2) is 0 Å². The van der Waals surface area contributed by atoms with Crippen molar-refractivity contribution in [1.29, 1.82) is 0 Å². The number of hydrogen-bond acceptors (Lipinski definition) is 4. The minimum absolute atomic E-state index is 0.136. The van der Waals surface area contributed by atoms with Crippen LogP contribution in [0, 0.1) is 19.3 Å². The van der Waals surface area contributed by atoms with Crippen LogP contribution in [-0.2, 0) is 14.8 Å². The molecule has 0 spiro atoms. The summed E-state index contributed by atoms with van der Waals surface area (Å²) in [5, 5.41) is 2.62. The first kappa shape index (κ1) is 18.5. The van der Waals surface area contributed by atoms with Crippen molar-refractivity contribution < 1.29 is 13.2 Å². The largest absolute Gasteiger partial charge is 0.344 e. The van der Waals surface area contributed by atoms with Crippen molar-refractivity contribution in [2.24, 2.45) is 0 Å². The second-order valence-corrected chi connectivity index (χ2v) is 7.77. The van der Waals surface area contributed by atoms with Gasteiger partial charge in [0.05, 0.1) is 18.0 Å². The van der Waals surface area contributed by atoms with Crippen molar-refractivity contribution >= 4 is 15.9 Å². The Bertz CT molecular complexity index is 725. The van der Waals surface area contributed by atoms with Crippen molar-refractivity contribution in [3.8, 4) is 12.3 Å². The van der Waals surface area contributed by atoms with Gasteiger partial charge < -0.3 is 5.32 Å². The third-order valence-electron chi connectivity index (χ3n) is 3.93. The van der Waals surface area contributed by atoms with Crippen LogP contribution in [0.5, 0.6) is 0 Å². The molecule has 2 rings (SSSR count). The van der Waals surface area contributed by atoms with Crippen molar-refractivity contribution in [2.45, 2.75) is 18.2 Å². The maximum absolute atomic E-state index is 12.8. The van der Waals surface area contributed by atoms with E-state index in [2.05, 4.69) is 11.2 Å². The number of carbonyl (C=O) groups excluding carboxylic acids is 1. The van der Waals surface area contributed by atoms with Crippen LogP contribution >= 0.6 is 0 Å². The van der Waals surface area contributed by atoms with Gasteiger partial charge in [0.1, 0.15) is 0 Å². The van der Waals surface area contributed by atoms with Gasteiger partial charge in [0, 0.05) is 19.6 Å². The fraction of sp³-hybridized carbons (Fsp3) is 0.471. The molecule has 6 nitrogen and oxygen atoms in total. The summed E-state index contributed by atoms with van der Waals surface area (Å²) in [6, 6.07) is 6.93. The van der Waals surface area contributed by atoms with E-state index in [1.807, 2.05) is 17.9 Å². The van der Waals surface area contributed by atoms with Crippen LogP contribution in [0.25, 0.3) is 0 Å². The Hall–Kier alpha value is -1.88. The molecule has 0 bridgehead atoms. The highest BCUT2D eigenvalue weighted by Gasteiger charge is 2.27. The van der Waals surface area contributed by atoms with Crippen LogP contribution in [0.4, 0.5) is 0 Å². The van der Waals surface area contributed by atoms with Crippen LogP contribution in [0.1, 0.15) is 12.0 Å². The monoisotopic (exact) mass is 349 g/mol. The lowest BCUT2D eigenvalue weighted by Crippen LogP contribution is -2.40. The molecule has 0 aromatic heterocycles. The molecule has 7 heteroatoms. The zero-order chi connectivity index (χ0) is 17.6. The first-order valence-corrected chi connectivity index (χ1v) is 9.37. The predicted molar refractivity (Wildman–Crippen MR) is 92.8 cm³/mol. The Morgan fingerprint density at radius 3 is 2.79 bits per heavy atom. The second-order valence-electron chi connectivity index (χ2n) is 5.83. The molecule has 0 radical (unpaired) electrons. The molecule has 1 aromatic carbocycles. The lowest BCUT2D eigenvalue weighted by atomic mass is 10.2. The molecule has 1 aliphatic heterocycles. The quantitative estimate of drug-likeness (QED) is 0.783. The highest BCUT2D eigenvalue weighted by molar-refractivity contribution is 7.89. The van der Waals surface area contributed by atoms with E-state index in [-0.39, 0.29) is 19.0 Å². The number of sulfonamides is 1. The Morgan fingerprint density at radius 1 is 1.29 bits per heavy atom. The molecule has 130 valence electrons. The first-order chi connectivity index (χ1) is 11.4. The number of carbonyl (C=O) groups is 1. The number of terminal acetylenes is 1. The summed E-state index contributed by atoms with van der Waals surface area (Å²) in [6.45, 7) is 4.35. The summed E-state index contributed by atoms with van der Waals surface area (Å²) >= 11 is 0. The highest BCUT2D eigenvalue weighted by atomic mass is 32.2. The number of rotatable bonds is 5. The first-order valence-electron chi connectivity index (χ1n) is 7.93. The number of nitrogens with zero attached hydrogens (tertiary/aromatic N) is 2. The average molecular weight is 349 g/mol. The topological polar surface area (TPSA) is 69.7 Å². The minimum Gasteiger partial charge on any atom is -0.344 e. The average Bonchev–Trinajstić information content (AvgIpc) is 2.79. The standard InChI is InChI=1S/C17H23N3O3S/c1-3-8-18-17(21)14-19-9-5-10-20(12-11-19)24(22,23)16-7-4-6-15(2)13-16/h1,4,6-7,13H,5,8-12,14H2,2H3,(H,18,21). The van der Waals surface area contributed by atoms with Gasteiger partial charge in [-0.3, -0.25) is 9.69 Å². The number of hydrogen-bond donors (Lipinski definition) is 1. The van der Waals surface area contributed by atoms with E-state index in [1.165, 1.54) is 4.31 Å². The smallest absolute Gasteiger partial charge is 0.243 e. The fourth-order valence-electron chi connectivity index (χ4n) is 2.68. The molecular formula is C17H23N3O3S. The van der Waals surface area contributed by atoms with E-state index < -0.39 is 10.0 Å². The van der Waals surface area contributed by atoms with E-state index in [1.54, 1.807) is 18.2 Å². The third-order valence-corrected chi connectivity index (χ3v) is 5.82. The van der Waals surface area contributed by atoms with E-state index in [0.717, 1.165) is 5.56 Å². The predicted octanol–water partition coefficient (Wildman–Crippen LogP) is 0.441. The normalized spacial score (nSPS) is 17.0. The summed E-state index contributed by atoms with van der Waals surface area (Å²) in [6.07, 6.45) is 5.80. The maximum atomic E-state index is 12.8. The SMILES string of the molecule is C#CCNC(=O)CN1CCCN(S(=O)(=O)c2cccc(C)c2)CC1. The van der Waals surface area contributed by atoms with Crippen LogP contribution in [0.3, 0.4) is 0 Å². The van der Waals surface area contributed by atoms with Crippen molar-refractivity contribution in [3.63, 3.8) is 0 Å². The molecule has 1 heterocycles. The van der Waals surface area contributed by atoms with Crippen molar-refractivity contribution in [2.75, 3.05) is 39.3 Å². The Labute approximate surface area is 143 Å². The second kappa shape index (κ2) is 8.29. The Morgan fingerprint density at radius 2 is 2.08 bits per heavy atom. The summed E-state index contributed by atoms with van der Waals surface area (Å²) in [5.41, 5.74) is 0.915. The van der Waals surface area contributed by atoms with Gasteiger partial charge >= 0.3 is 0 Å². The molecule has 1 aliphatic rings. The van der Waals surface area contributed by atoms with Gasteiger partial charge in [-0.1, -0.05) is 18.1 Å². The lowest BCUT2D eigenvalue weighted by molar-refractivity contribution is -0.121. The lowest BCUT2D eigenvalue weighted by Gasteiger charge is -2.21. The van der Waals surface area contributed by atoms with Crippen LogP contribution in [-0.4, -0.2) is 62.8 Å². The zero-order valence-corrected chi connectivity index (χ0v) is 14.7. The van der Waals surface area contributed by atoms with Gasteiger partial charge in [-0.2, -0.15) is 4.31 Å². The fourth-order valence-corrected chi connectivity index (χ4v) is 4.25. The van der Waals surface area contributed by atoms with Crippen molar-refractivity contribution in [1.82, 2.24) is 14.5 Å². The molecule has 24 heavy (non-hydrogen) atoms. The molecule has 1 saturated heterocycles. The summed E-state index contributed by atoms with van der Waals surface area (Å²) in [5.74, 6) is 2.22. The maximum Gasteiger partial charge on any atom is 0.243 e. The highest BCUT2D eigenvalue weighted by Crippen LogP contribution is 2.18. The molecule has 1 N–H and O–H groups in total. The number of amides is 1. The molecule has 1 fully saturated rings. The van der Waals surface area contributed by atoms with E-state index in [9.17, 15) is 13.2 Å². The van der Waals surface area contributed by atoms with E-state index in [4.69, 9.17) is 6.42 Å². The van der Waals surface area contributed by atoms with Gasteiger partial charge in [-0.05, 0) is 37.6 Å². The summed E-state index contributed by atoms with van der Waals surface area (Å²) in [4.78, 5) is 14.0. The van der Waals surface area contributed by atoms with Crippen molar-refractivity contribution in [3.05, 3.63) is 29.8 Å². The zero-order valence-electron chi connectivity index (χ0n) is 13.9. The minimum atomic E-state index is -3.49. The van der Waals surface area contributed by atoms with Crippen LogP contribution < -0.4 is 5.32 Å². The molecule has 1 aromatic rings.